The minimum absolute atomic E-state index is 0.196. The Morgan fingerprint density at radius 1 is 1.02 bits per heavy atom. The van der Waals surface area contributed by atoms with Crippen LogP contribution in [0, 0.1) is 0 Å². The van der Waals surface area contributed by atoms with Crippen molar-refractivity contribution < 1.29 is 14.3 Å². The number of nitrogens with two attached hydrogens (primary N) is 1. The van der Waals surface area contributed by atoms with Crippen molar-refractivity contribution in [2.75, 3.05) is 23.8 Å². The van der Waals surface area contributed by atoms with Crippen LogP contribution in [0.15, 0.2) is 106 Å². The molecule has 0 bridgehead atoms. The monoisotopic (exact) mass is 564 g/mol. The van der Waals surface area contributed by atoms with Crippen molar-refractivity contribution in [3.63, 3.8) is 0 Å². The largest absolute Gasteiger partial charge is 0.478 e. The van der Waals surface area contributed by atoms with Crippen molar-refractivity contribution in [1.29, 1.82) is 0 Å². The van der Waals surface area contributed by atoms with Crippen molar-refractivity contribution >= 4 is 34.2 Å². The van der Waals surface area contributed by atoms with Crippen molar-refractivity contribution in [2.45, 2.75) is 6.04 Å². The van der Waals surface area contributed by atoms with Crippen LogP contribution in [0.5, 0.6) is 0 Å². The highest BCUT2D eigenvalue weighted by Gasteiger charge is 2.19. The zero-order valence-corrected chi connectivity index (χ0v) is 22.6. The van der Waals surface area contributed by atoms with Crippen molar-refractivity contribution in [2.24, 2.45) is 5.73 Å². The molecule has 0 radical (unpaired) electrons. The fraction of sp³-hybridized carbons (Fsp3) is 0.100. The molecule has 3 heterocycles. The minimum Gasteiger partial charge on any atom is -0.478 e. The van der Waals surface area contributed by atoms with Gasteiger partial charge in [0.25, 0.3) is 0 Å². The van der Waals surface area contributed by atoms with Crippen LogP contribution in [0.3, 0.4) is 0 Å². The first-order chi connectivity index (χ1) is 20.4. The average molecular weight is 565 g/mol. The van der Waals surface area contributed by atoms with E-state index in [9.17, 15) is 9.59 Å². The number of benzene rings is 3. The number of hydrogen-bond acceptors (Lipinski definition) is 9. The Kier molecular flexibility index (Phi) is 8.35. The summed E-state index contributed by atoms with van der Waals surface area (Å²) in [5.74, 6) is -0.806. The number of nitrogens with one attached hydrogen (secondary N) is 3. The van der Waals surface area contributed by atoms with Crippen LogP contribution in [0.4, 0.5) is 17.3 Å². The van der Waals surface area contributed by atoms with Gasteiger partial charge in [-0.3, -0.25) is 0 Å². The molecule has 0 saturated carbocycles. The molecule has 0 aliphatic rings. The summed E-state index contributed by atoms with van der Waals surface area (Å²) in [5.41, 5.74) is 10.8. The van der Waals surface area contributed by atoms with E-state index in [1.165, 1.54) is 0 Å². The molecular formula is C30H28N8O4. The normalized spacial score (nSPS) is 11.4. The second-order valence-corrected chi connectivity index (χ2v) is 9.15. The molecule has 42 heavy (non-hydrogen) atoms. The van der Waals surface area contributed by atoms with E-state index >= 15 is 0 Å². The predicted molar refractivity (Wildman–Crippen MR) is 160 cm³/mol. The number of nitrogens with zero attached hydrogens (tertiary/aromatic N) is 4. The van der Waals surface area contributed by atoms with Crippen LogP contribution in [0.2, 0.25) is 0 Å². The Hall–Kier alpha value is -5.75. The molecule has 1 atom stereocenters. The van der Waals surface area contributed by atoms with Crippen LogP contribution in [0.1, 0.15) is 22.3 Å². The quantitative estimate of drug-likeness (QED) is 0.176. The lowest BCUT2D eigenvalue weighted by molar-refractivity contribution is 0.0697. The van der Waals surface area contributed by atoms with Gasteiger partial charge in [-0.1, -0.05) is 36.4 Å². The number of carbonyl (C=O) groups is 1. The van der Waals surface area contributed by atoms with Gasteiger partial charge in [0.05, 0.1) is 17.0 Å². The molecule has 0 unspecified atom stereocenters. The molecular weight excluding hydrogens is 536 g/mol. The smallest absolute Gasteiger partial charge is 0.434 e. The maximum atomic E-state index is 11.1. The number of H-pyrrole nitrogens is 2. The summed E-state index contributed by atoms with van der Waals surface area (Å²) in [6, 6.07) is 27.9. The van der Waals surface area contributed by atoms with Crippen LogP contribution >= 0.6 is 0 Å². The number of para-hydroxylation sites is 2. The Bertz CT molecular complexity index is 1790. The van der Waals surface area contributed by atoms with Crippen molar-refractivity contribution in [1.82, 2.24) is 25.1 Å². The van der Waals surface area contributed by atoms with Gasteiger partial charge in [0.15, 0.2) is 0 Å². The number of aromatic carboxylic acids is 1. The van der Waals surface area contributed by atoms with E-state index in [0.29, 0.717) is 12.5 Å². The topological polar surface area (TPSA) is 179 Å². The summed E-state index contributed by atoms with van der Waals surface area (Å²) in [6.07, 6.45) is 1.67. The summed E-state index contributed by atoms with van der Waals surface area (Å²) in [7, 11) is 1.75. The minimum atomic E-state index is -0.936. The maximum Gasteiger partial charge on any atom is 0.434 e. The molecule has 0 aliphatic heterocycles. The lowest BCUT2D eigenvalue weighted by Crippen LogP contribution is -2.29. The predicted octanol–water partition coefficient (Wildman–Crippen LogP) is 4.57. The van der Waals surface area contributed by atoms with Gasteiger partial charge in [0.1, 0.15) is 6.04 Å². The molecule has 6 aromatic rings. The lowest BCUT2D eigenvalue weighted by Gasteiger charge is -2.26. The van der Waals surface area contributed by atoms with Gasteiger partial charge >= 0.3 is 11.7 Å². The van der Waals surface area contributed by atoms with Gasteiger partial charge in [-0.05, 0) is 54.6 Å². The van der Waals surface area contributed by atoms with Crippen molar-refractivity contribution in [3.05, 3.63) is 119 Å². The second kappa shape index (κ2) is 12.6. The van der Waals surface area contributed by atoms with Gasteiger partial charge in [0.2, 0.25) is 11.8 Å². The fourth-order valence-electron chi connectivity index (χ4n) is 4.28. The molecule has 12 heteroatoms. The zero-order chi connectivity index (χ0) is 29.5. The van der Waals surface area contributed by atoms with Crippen LogP contribution in [-0.4, -0.2) is 49.8 Å². The summed E-state index contributed by atoms with van der Waals surface area (Å²) in [5, 5.41) is 18.7. The second-order valence-electron chi connectivity index (χ2n) is 9.15. The Morgan fingerprint density at radius 3 is 2.31 bits per heavy atom. The Morgan fingerprint density at radius 2 is 1.71 bits per heavy atom. The fourth-order valence-corrected chi connectivity index (χ4v) is 4.28. The summed E-state index contributed by atoms with van der Waals surface area (Å²) in [6.45, 7) is 0.432. The molecule has 12 nitrogen and oxygen atoms in total. The highest BCUT2D eigenvalue weighted by Crippen LogP contribution is 2.27. The Labute approximate surface area is 239 Å². The van der Waals surface area contributed by atoms with Gasteiger partial charge in [0, 0.05) is 42.1 Å². The third kappa shape index (κ3) is 6.51. The molecule has 3 aromatic carbocycles. The van der Waals surface area contributed by atoms with E-state index in [1.807, 2.05) is 66.7 Å². The summed E-state index contributed by atoms with van der Waals surface area (Å²) < 4.78 is 4.94. The van der Waals surface area contributed by atoms with E-state index in [2.05, 4.69) is 35.4 Å². The van der Waals surface area contributed by atoms with Crippen LogP contribution < -0.4 is 21.7 Å². The molecule has 212 valence electrons. The number of aromatic amines is 2. The van der Waals surface area contributed by atoms with Gasteiger partial charge in [-0.25, -0.2) is 24.7 Å². The van der Waals surface area contributed by atoms with Gasteiger partial charge in [-0.2, -0.15) is 0 Å². The lowest BCUT2D eigenvalue weighted by atomic mass is 10.1. The highest BCUT2D eigenvalue weighted by atomic mass is 16.4. The molecule has 0 spiro atoms. The van der Waals surface area contributed by atoms with E-state index in [1.54, 1.807) is 37.5 Å². The number of aromatic nitrogens is 5. The van der Waals surface area contributed by atoms with Gasteiger partial charge in [-0.15, -0.1) is 5.10 Å². The molecule has 0 aliphatic carbocycles. The summed E-state index contributed by atoms with van der Waals surface area (Å²) in [4.78, 5) is 35.7. The van der Waals surface area contributed by atoms with Crippen LogP contribution in [0.25, 0.3) is 22.3 Å². The van der Waals surface area contributed by atoms with Gasteiger partial charge < -0.3 is 30.5 Å². The van der Waals surface area contributed by atoms with E-state index in [0.717, 1.165) is 33.7 Å². The number of hydrogen-bond donors (Lipinski definition) is 5. The maximum absolute atomic E-state index is 11.1. The third-order valence-electron chi connectivity index (χ3n) is 6.31. The standard InChI is InChI=1S/C16H16N4O2.C14H12N4O2/c17-14(15-18-19-16(21)22-15)11-20(12-7-3-1-4-8-12)13-9-5-2-6-10-13;1-15-14-16-5-4-11(18-14)12-7-9-6-8(13(19)20)2-3-10(9)17-12/h1-10,14H,11,17H2,(H,19,21);2-7,17H,1H3,(H,19,20)(H,15,16,18)/t14-;/m0./s1. The highest BCUT2D eigenvalue weighted by molar-refractivity contribution is 5.95. The molecule has 0 amide bonds. The molecule has 3 aromatic heterocycles. The molecule has 0 fully saturated rings. The van der Waals surface area contributed by atoms with E-state index in [4.69, 9.17) is 15.3 Å². The number of carboxylic acid groups (broad SMARTS) is 1. The van der Waals surface area contributed by atoms with E-state index in [-0.39, 0.29) is 11.5 Å². The zero-order valence-electron chi connectivity index (χ0n) is 22.6. The average Bonchev–Trinajstić information content (AvgIpc) is 3.67. The van der Waals surface area contributed by atoms with E-state index < -0.39 is 17.8 Å². The first kappa shape index (κ1) is 27.8. The molecule has 0 saturated heterocycles. The number of fused-ring (bicyclic) bond motifs is 1. The first-order valence-corrected chi connectivity index (χ1v) is 13.0. The van der Waals surface area contributed by atoms with Crippen molar-refractivity contribution in [3.8, 4) is 11.4 Å². The third-order valence-corrected chi connectivity index (χ3v) is 6.31. The summed E-state index contributed by atoms with van der Waals surface area (Å²) >= 11 is 0. The Balaban J connectivity index is 0.000000169. The molecule has 6 rings (SSSR count). The molecule has 6 N–H and O–H groups in total. The SMILES string of the molecule is CNc1nccc(-c2cc3cc(C(=O)O)ccc3[nH]2)n1.N[C@@H](CN(c1ccccc1)c1ccccc1)c1n[nH]c(=O)o1. The first-order valence-electron chi connectivity index (χ1n) is 13.0. The number of carboxylic acids is 1. The number of anilines is 3. The van der Waals surface area contributed by atoms with Crippen LogP contribution in [-0.2, 0) is 0 Å². The number of rotatable bonds is 8.